The number of carbonyl (C=O) groups is 1. The molecule has 0 unspecified atom stereocenters. The van der Waals surface area contributed by atoms with Gasteiger partial charge in [-0.1, -0.05) is 6.92 Å². The van der Waals surface area contributed by atoms with Crippen LogP contribution >= 0.6 is 0 Å². The number of piperazine rings is 1. The van der Waals surface area contributed by atoms with Gasteiger partial charge >= 0.3 is 0 Å². The lowest BCUT2D eigenvalue weighted by Crippen LogP contribution is -2.46. The SMILES string of the molecule is CCc1cc2ncc(CN3CCN(c4cnc(C(=O)NC)cn4)CC3)cc2[nH]c1=O. The molecule has 3 aromatic heterocycles. The van der Waals surface area contributed by atoms with Crippen LogP contribution in [0.4, 0.5) is 5.82 Å². The van der Waals surface area contributed by atoms with Gasteiger partial charge in [0.2, 0.25) is 0 Å². The van der Waals surface area contributed by atoms with Crippen molar-refractivity contribution in [1.29, 1.82) is 0 Å². The van der Waals surface area contributed by atoms with Crippen LogP contribution in [-0.4, -0.2) is 64.0 Å². The molecule has 2 N–H and O–H groups in total. The number of aromatic amines is 1. The van der Waals surface area contributed by atoms with Crippen molar-refractivity contribution >= 4 is 22.8 Å². The Morgan fingerprint density at radius 2 is 1.90 bits per heavy atom. The normalized spacial score (nSPS) is 14.8. The van der Waals surface area contributed by atoms with E-state index in [4.69, 9.17) is 0 Å². The Kier molecular flexibility index (Phi) is 5.71. The summed E-state index contributed by atoms with van der Waals surface area (Å²) in [6.07, 6.45) is 5.73. The first kappa shape index (κ1) is 20.0. The summed E-state index contributed by atoms with van der Waals surface area (Å²) in [7, 11) is 1.57. The summed E-state index contributed by atoms with van der Waals surface area (Å²) in [6, 6.07) is 3.88. The molecule has 156 valence electrons. The van der Waals surface area contributed by atoms with Gasteiger partial charge in [0.05, 0.1) is 23.4 Å². The Morgan fingerprint density at radius 3 is 2.57 bits per heavy atom. The molecular formula is C21H25N7O2. The molecule has 0 saturated carbocycles. The lowest BCUT2D eigenvalue weighted by atomic mass is 10.1. The lowest BCUT2D eigenvalue weighted by Gasteiger charge is -2.35. The maximum absolute atomic E-state index is 12.1. The highest BCUT2D eigenvalue weighted by atomic mass is 16.1. The quantitative estimate of drug-likeness (QED) is 0.649. The van der Waals surface area contributed by atoms with Crippen LogP contribution in [0.1, 0.15) is 28.5 Å². The number of fused-ring (bicyclic) bond motifs is 1. The van der Waals surface area contributed by atoms with E-state index in [1.807, 2.05) is 25.3 Å². The second-order valence-electron chi connectivity index (χ2n) is 7.36. The summed E-state index contributed by atoms with van der Waals surface area (Å²) in [5, 5.41) is 2.54. The standard InChI is InChI=1S/C21H25N7O2/c1-3-15-9-16-17(26-20(15)29)8-14(10-23-16)13-27-4-6-28(7-5-27)19-12-24-18(11-25-19)21(30)22-2/h8-12H,3-7,13H2,1-2H3,(H,22,30)(H,26,29). The van der Waals surface area contributed by atoms with Gasteiger partial charge in [0.15, 0.2) is 0 Å². The van der Waals surface area contributed by atoms with Crippen molar-refractivity contribution in [3.05, 3.63) is 57.9 Å². The van der Waals surface area contributed by atoms with Crippen LogP contribution < -0.4 is 15.8 Å². The summed E-state index contributed by atoms with van der Waals surface area (Å²) in [6.45, 7) is 6.14. The van der Waals surface area contributed by atoms with E-state index in [1.165, 1.54) is 6.20 Å². The topological polar surface area (TPSA) is 107 Å². The van der Waals surface area contributed by atoms with Gasteiger partial charge in [-0.15, -0.1) is 0 Å². The number of hydrogen-bond acceptors (Lipinski definition) is 7. The Morgan fingerprint density at radius 1 is 1.10 bits per heavy atom. The number of carbonyl (C=O) groups excluding carboxylic acids is 1. The minimum absolute atomic E-state index is 0.0406. The van der Waals surface area contributed by atoms with Crippen molar-refractivity contribution in [2.24, 2.45) is 0 Å². The predicted octanol–water partition coefficient (Wildman–Crippen LogP) is 0.957. The Bertz CT molecular complexity index is 1100. The molecule has 1 saturated heterocycles. The molecule has 0 bridgehead atoms. The molecule has 9 heteroatoms. The Labute approximate surface area is 174 Å². The summed E-state index contributed by atoms with van der Waals surface area (Å²) in [4.78, 5) is 44.2. The van der Waals surface area contributed by atoms with Crippen LogP contribution in [0.15, 0.2) is 35.5 Å². The van der Waals surface area contributed by atoms with Gasteiger partial charge in [-0.25, -0.2) is 9.97 Å². The van der Waals surface area contributed by atoms with Crippen molar-refractivity contribution in [2.45, 2.75) is 19.9 Å². The Balaban J connectivity index is 1.38. The minimum Gasteiger partial charge on any atom is -0.354 e. The van der Waals surface area contributed by atoms with E-state index in [2.05, 4.69) is 35.1 Å². The van der Waals surface area contributed by atoms with Crippen LogP contribution in [0.3, 0.4) is 0 Å². The van der Waals surface area contributed by atoms with Gasteiger partial charge in [-0.05, 0) is 24.1 Å². The number of amides is 1. The smallest absolute Gasteiger partial charge is 0.271 e. The summed E-state index contributed by atoms with van der Waals surface area (Å²) < 4.78 is 0. The fourth-order valence-corrected chi connectivity index (χ4v) is 3.64. The van der Waals surface area contributed by atoms with E-state index in [1.54, 1.807) is 13.2 Å². The summed E-state index contributed by atoms with van der Waals surface area (Å²) in [5.74, 6) is 0.536. The first-order valence-corrected chi connectivity index (χ1v) is 10.1. The third-order valence-corrected chi connectivity index (χ3v) is 5.41. The number of rotatable bonds is 5. The number of pyridine rings is 2. The number of anilines is 1. The van der Waals surface area contributed by atoms with E-state index in [-0.39, 0.29) is 11.5 Å². The molecular weight excluding hydrogens is 382 g/mol. The molecule has 1 fully saturated rings. The van der Waals surface area contributed by atoms with E-state index >= 15 is 0 Å². The zero-order valence-electron chi connectivity index (χ0n) is 17.2. The Hall–Kier alpha value is -3.33. The second kappa shape index (κ2) is 8.58. The fraction of sp³-hybridized carbons (Fsp3) is 0.381. The molecule has 0 aromatic carbocycles. The first-order valence-electron chi connectivity index (χ1n) is 10.1. The predicted molar refractivity (Wildman–Crippen MR) is 115 cm³/mol. The molecule has 0 spiro atoms. The van der Waals surface area contributed by atoms with Crippen LogP contribution in [-0.2, 0) is 13.0 Å². The number of H-pyrrole nitrogens is 1. The maximum atomic E-state index is 12.1. The number of nitrogens with one attached hydrogen (secondary N) is 2. The fourth-order valence-electron chi connectivity index (χ4n) is 3.64. The zero-order valence-corrected chi connectivity index (χ0v) is 17.2. The van der Waals surface area contributed by atoms with Crippen molar-refractivity contribution in [3.63, 3.8) is 0 Å². The van der Waals surface area contributed by atoms with Gasteiger partial charge in [0.1, 0.15) is 11.5 Å². The van der Waals surface area contributed by atoms with Crippen molar-refractivity contribution in [3.8, 4) is 0 Å². The number of hydrogen-bond donors (Lipinski definition) is 2. The molecule has 0 radical (unpaired) electrons. The van der Waals surface area contributed by atoms with Gasteiger partial charge < -0.3 is 15.2 Å². The minimum atomic E-state index is -0.241. The summed E-state index contributed by atoms with van der Waals surface area (Å²) >= 11 is 0. The third kappa shape index (κ3) is 4.16. The molecule has 30 heavy (non-hydrogen) atoms. The second-order valence-corrected chi connectivity index (χ2v) is 7.36. The average molecular weight is 407 g/mol. The first-order chi connectivity index (χ1) is 14.6. The van der Waals surface area contributed by atoms with Crippen molar-refractivity contribution < 1.29 is 4.79 Å². The van der Waals surface area contributed by atoms with E-state index < -0.39 is 0 Å². The molecule has 9 nitrogen and oxygen atoms in total. The molecule has 0 atom stereocenters. The largest absolute Gasteiger partial charge is 0.354 e. The van der Waals surface area contributed by atoms with E-state index in [0.717, 1.165) is 60.7 Å². The lowest BCUT2D eigenvalue weighted by molar-refractivity contribution is 0.0958. The van der Waals surface area contributed by atoms with Crippen LogP contribution in [0.2, 0.25) is 0 Å². The molecule has 4 rings (SSSR count). The van der Waals surface area contributed by atoms with Crippen LogP contribution in [0, 0.1) is 0 Å². The van der Waals surface area contributed by atoms with Crippen LogP contribution in [0.5, 0.6) is 0 Å². The molecule has 0 aliphatic carbocycles. The highest BCUT2D eigenvalue weighted by Crippen LogP contribution is 2.16. The molecule has 3 aromatic rings. The highest BCUT2D eigenvalue weighted by molar-refractivity contribution is 5.91. The molecule has 1 aliphatic heterocycles. The number of aromatic nitrogens is 4. The van der Waals surface area contributed by atoms with E-state index in [9.17, 15) is 9.59 Å². The highest BCUT2D eigenvalue weighted by Gasteiger charge is 2.19. The zero-order chi connectivity index (χ0) is 21.1. The summed E-state index contributed by atoms with van der Waals surface area (Å²) in [5.41, 5.74) is 3.70. The van der Waals surface area contributed by atoms with Gasteiger partial charge in [0, 0.05) is 51.5 Å². The number of aryl methyl sites for hydroxylation is 1. The van der Waals surface area contributed by atoms with E-state index in [0.29, 0.717) is 12.1 Å². The van der Waals surface area contributed by atoms with Crippen molar-refractivity contribution in [2.75, 3.05) is 38.1 Å². The van der Waals surface area contributed by atoms with Gasteiger partial charge in [0.25, 0.3) is 11.5 Å². The maximum Gasteiger partial charge on any atom is 0.271 e. The third-order valence-electron chi connectivity index (χ3n) is 5.41. The monoisotopic (exact) mass is 407 g/mol. The number of nitrogens with zero attached hydrogens (tertiary/aromatic N) is 5. The van der Waals surface area contributed by atoms with Crippen LogP contribution in [0.25, 0.3) is 11.0 Å². The molecule has 1 aliphatic rings. The van der Waals surface area contributed by atoms with Gasteiger partial charge in [-0.2, -0.15) is 0 Å². The molecule has 4 heterocycles. The van der Waals surface area contributed by atoms with Crippen molar-refractivity contribution in [1.82, 2.24) is 30.2 Å². The van der Waals surface area contributed by atoms with Gasteiger partial charge in [-0.3, -0.25) is 19.5 Å². The molecule has 1 amide bonds. The average Bonchev–Trinajstić information content (AvgIpc) is 2.78.